The number of methoxy groups -OCH3 is 1. The summed E-state index contributed by atoms with van der Waals surface area (Å²) in [6.45, 7) is 5.56. The van der Waals surface area contributed by atoms with Gasteiger partial charge in [-0.3, -0.25) is 19.1 Å². The highest BCUT2D eigenvalue weighted by molar-refractivity contribution is 7.91. The van der Waals surface area contributed by atoms with Gasteiger partial charge in [0.1, 0.15) is 40.5 Å². The quantitative estimate of drug-likeness (QED) is 0.297. The highest BCUT2D eigenvalue weighted by Gasteiger charge is 2.64. The maximum absolute atomic E-state index is 14.9. The molecular formula is C41H50N6O7S. The number of ether oxygens (including phenoxy) is 2. The van der Waals surface area contributed by atoms with Gasteiger partial charge in [0.25, 0.3) is 5.91 Å². The lowest BCUT2D eigenvalue weighted by molar-refractivity contribution is -0.140. The second kappa shape index (κ2) is 13.8. The van der Waals surface area contributed by atoms with Crippen LogP contribution >= 0.6 is 0 Å². The number of nitrogens with one attached hydrogen (secondary N) is 3. The van der Waals surface area contributed by atoms with E-state index in [1.807, 2.05) is 62.4 Å². The number of benzene rings is 1. The highest BCUT2D eigenvalue weighted by Crippen LogP contribution is 2.49. The lowest BCUT2D eigenvalue weighted by atomic mass is 9.87. The molecule has 3 fully saturated rings. The first-order valence-electron chi connectivity index (χ1n) is 19.5. The van der Waals surface area contributed by atoms with Gasteiger partial charge in [0.05, 0.1) is 29.6 Å². The molecule has 2 saturated carbocycles. The van der Waals surface area contributed by atoms with Gasteiger partial charge in [-0.15, -0.1) is 0 Å². The van der Waals surface area contributed by atoms with Crippen LogP contribution in [0.1, 0.15) is 88.1 Å². The molecule has 0 radical (unpaired) electrons. The minimum Gasteiger partial charge on any atom is -0.497 e. The lowest BCUT2D eigenvalue weighted by Gasteiger charge is -2.36. The minimum atomic E-state index is -3.96. The molecule has 13 nitrogen and oxygen atoms in total. The molecule has 14 heteroatoms. The van der Waals surface area contributed by atoms with Crippen molar-refractivity contribution in [3.8, 4) is 11.5 Å². The number of amides is 3. The van der Waals surface area contributed by atoms with E-state index in [1.165, 1.54) is 0 Å². The second-order valence-electron chi connectivity index (χ2n) is 16.4. The summed E-state index contributed by atoms with van der Waals surface area (Å²) in [4.78, 5) is 54.7. The number of pyridine rings is 2. The summed E-state index contributed by atoms with van der Waals surface area (Å²) in [5.74, 6) is 0.0298. The van der Waals surface area contributed by atoms with Crippen LogP contribution in [-0.4, -0.2) is 82.6 Å². The molecule has 1 spiro atoms. The number of hydrogen-bond donors (Lipinski definition) is 3. The van der Waals surface area contributed by atoms with Crippen molar-refractivity contribution in [2.45, 2.75) is 119 Å². The Bertz CT molecular complexity index is 2210. The molecule has 55 heavy (non-hydrogen) atoms. The van der Waals surface area contributed by atoms with Crippen molar-refractivity contribution in [2.24, 2.45) is 5.92 Å². The molecule has 5 atom stereocenters. The first-order chi connectivity index (χ1) is 26.3. The van der Waals surface area contributed by atoms with Gasteiger partial charge in [-0.05, 0) is 102 Å². The number of carbonyl (C=O) groups is 3. The molecule has 1 aromatic carbocycles. The van der Waals surface area contributed by atoms with Gasteiger partial charge in [-0.2, -0.15) is 0 Å². The predicted molar refractivity (Wildman–Crippen MR) is 207 cm³/mol. The molecule has 8 rings (SSSR count). The van der Waals surface area contributed by atoms with Crippen molar-refractivity contribution in [1.82, 2.24) is 24.9 Å². The van der Waals surface area contributed by atoms with Crippen LogP contribution in [0.3, 0.4) is 0 Å². The average molecular weight is 771 g/mol. The number of sulfonamides is 1. The molecular weight excluding hydrogens is 721 g/mol. The molecule has 3 aliphatic heterocycles. The van der Waals surface area contributed by atoms with E-state index in [4.69, 9.17) is 14.5 Å². The fourth-order valence-electron chi connectivity index (χ4n) is 8.60. The number of carbonyl (C=O) groups excluding carboxylic acids is 3. The van der Waals surface area contributed by atoms with Crippen LogP contribution in [0.4, 0.5) is 5.82 Å². The van der Waals surface area contributed by atoms with E-state index in [1.54, 1.807) is 18.9 Å². The molecule has 3 amide bonds. The van der Waals surface area contributed by atoms with E-state index >= 15 is 0 Å². The monoisotopic (exact) mass is 770 g/mol. The standard InChI is InChI=1S/C41H50N6O7S/c1-25-11-10-14-34(42-25)44-32-13-9-7-5-6-8-12-27-22-41(27,38(50)46-55(51,52)39(3)19-20-39)45-36(48)33-23-40(24-47(33)37(32)49)18-17-29-30-21-28(53-4)15-16-31(30)43-26(2)35(29)54-40/h8,10-12,14-16,21,27,32-33H,5-7,9,13,17-20,22-24H2,1-4H3,(H,42,44)(H,45,48)(H,46,50)/t27-,32+,33+,40-,41-/m1/s1. The Morgan fingerprint density at radius 1 is 1.05 bits per heavy atom. The SMILES string of the molecule is COc1ccc2nc(C)c3c(c2c1)CC[C@]1(C[C@H]2C(=O)N[C@]4(C(=O)NS(=O)(=O)C5(C)CC5)C[C@H]4C=CCCCCC[C@H](Nc4cccc(C)n4)C(=O)N2C1)O3. The zero-order valence-electron chi connectivity index (χ0n) is 31.9. The molecule has 5 heterocycles. The zero-order chi connectivity index (χ0) is 38.8. The lowest BCUT2D eigenvalue weighted by Crippen LogP contribution is -2.58. The number of aryl methyl sites for hydroxylation is 3. The van der Waals surface area contributed by atoms with Gasteiger partial charge < -0.3 is 25.0 Å². The molecule has 2 aliphatic carbocycles. The summed E-state index contributed by atoms with van der Waals surface area (Å²) in [5, 5.41) is 7.33. The van der Waals surface area contributed by atoms with Gasteiger partial charge in [-0.25, -0.2) is 18.4 Å². The first kappa shape index (κ1) is 37.2. The van der Waals surface area contributed by atoms with Gasteiger partial charge in [0, 0.05) is 29.0 Å². The largest absolute Gasteiger partial charge is 0.497 e. The van der Waals surface area contributed by atoms with Crippen LogP contribution in [0.2, 0.25) is 0 Å². The van der Waals surface area contributed by atoms with Crippen molar-refractivity contribution in [2.75, 3.05) is 19.0 Å². The van der Waals surface area contributed by atoms with Gasteiger partial charge in [0.2, 0.25) is 21.8 Å². The van der Waals surface area contributed by atoms with Crippen molar-refractivity contribution in [3.05, 3.63) is 65.5 Å². The fourth-order valence-corrected chi connectivity index (χ4v) is 9.91. The van der Waals surface area contributed by atoms with Crippen molar-refractivity contribution in [3.63, 3.8) is 0 Å². The Labute approximate surface area is 322 Å². The topological polar surface area (TPSA) is 169 Å². The summed E-state index contributed by atoms with van der Waals surface area (Å²) in [7, 11) is -2.33. The number of allylic oxidation sites excluding steroid dienone is 1. The van der Waals surface area contributed by atoms with E-state index in [2.05, 4.69) is 20.3 Å². The van der Waals surface area contributed by atoms with Crippen LogP contribution in [0.5, 0.6) is 11.5 Å². The van der Waals surface area contributed by atoms with Crippen molar-refractivity contribution >= 4 is 44.5 Å². The van der Waals surface area contributed by atoms with Crippen LogP contribution < -0.4 is 24.8 Å². The van der Waals surface area contributed by atoms with Crippen molar-refractivity contribution in [1.29, 1.82) is 0 Å². The van der Waals surface area contributed by atoms with Crippen LogP contribution in [0.15, 0.2) is 48.6 Å². The smallest absolute Gasteiger partial charge is 0.259 e. The van der Waals surface area contributed by atoms with E-state index in [0.29, 0.717) is 55.1 Å². The number of anilines is 1. The Morgan fingerprint density at radius 3 is 2.64 bits per heavy atom. The Balaban J connectivity index is 1.15. The van der Waals surface area contributed by atoms with E-state index in [-0.39, 0.29) is 31.2 Å². The van der Waals surface area contributed by atoms with Crippen molar-refractivity contribution < 1.29 is 32.3 Å². The molecule has 3 N–H and O–H groups in total. The molecule has 3 aromatic rings. The Hall–Kier alpha value is -4.72. The molecule has 1 saturated heterocycles. The van der Waals surface area contributed by atoms with E-state index in [0.717, 1.165) is 47.8 Å². The predicted octanol–water partition coefficient (Wildman–Crippen LogP) is 4.79. The molecule has 0 unspecified atom stereocenters. The fraction of sp³-hybridized carbons (Fsp3) is 0.537. The summed E-state index contributed by atoms with van der Waals surface area (Å²) in [5.41, 5.74) is 0.985. The first-order valence-corrected chi connectivity index (χ1v) is 21.0. The average Bonchev–Trinajstić information content (AvgIpc) is 4.05. The van der Waals surface area contributed by atoms with Crippen LogP contribution in [0.25, 0.3) is 10.9 Å². The number of rotatable bonds is 6. The third-order valence-corrected chi connectivity index (χ3v) is 14.6. The van der Waals surface area contributed by atoms with E-state index < -0.39 is 49.8 Å². The maximum Gasteiger partial charge on any atom is 0.259 e. The Morgan fingerprint density at radius 2 is 1.87 bits per heavy atom. The number of nitrogens with zero attached hydrogens (tertiary/aromatic N) is 3. The zero-order valence-corrected chi connectivity index (χ0v) is 32.8. The highest BCUT2D eigenvalue weighted by atomic mass is 32.2. The molecule has 292 valence electrons. The molecule has 2 aromatic heterocycles. The maximum atomic E-state index is 14.9. The number of hydrogen-bond acceptors (Lipinski definition) is 10. The van der Waals surface area contributed by atoms with Gasteiger partial charge >= 0.3 is 0 Å². The molecule has 5 aliphatic rings. The normalized spacial score (nSPS) is 28.8. The van der Waals surface area contributed by atoms with E-state index in [9.17, 15) is 22.8 Å². The Kier molecular flexibility index (Phi) is 9.33. The number of aromatic nitrogens is 2. The minimum absolute atomic E-state index is 0.146. The summed E-state index contributed by atoms with van der Waals surface area (Å²) in [6.07, 6.45) is 10.3. The summed E-state index contributed by atoms with van der Waals surface area (Å²) in [6, 6.07) is 9.72. The third kappa shape index (κ3) is 6.91. The van der Waals surface area contributed by atoms with Crippen LogP contribution in [-0.2, 0) is 30.8 Å². The van der Waals surface area contributed by atoms with Gasteiger partial charge in [0.15, 0.2) is 0 Å². The summed E-state index contributed by atoms with van der Waals surface area (Å²) < 4.78 is 40.2. The third-order valence-electron chi connectivity index (χ3n) is 12.4. The van der Waals surface area contributed by atoms with Crippen LogP contribution in [0, 0.1) is 19.8 Å². The second-order valence-corrected chi connectivity index (χ2v) is 18.6. The number of fused-ring (bicyclic) bond motifs is 5. The summed E-state index contributed by atoms with van der Waals surface area (Å²) >= 11 is 0. The molecule has 0 bridgehead atoms. The van der Waals surface area contributed by atoms with Gasteiger partial charge in [-0.1, -0.05) is 31.1 Å².